The zero-order valence-electron chi connectivity index (χ0n) is 18.0. The Morgan fingerprint density at radius 1 is 1.21 bits per heavy atom. The summed E-state index contributed by atoms with van der Waals surface area (Å²) in [4.78, 5) is 9.30. The molecule has 0 aliphatic carbocycles. The van der Waals surface area contributed by atoms with Crippen molar-refractivity contribution >= 4 is 20.9 Å². The number of sulfonamides is 1. The molecule has 0 amide bonds. The van der Waals surface area contributed by atoms with Crippen LogP contribution in [0.2, 0.25) is 0 Å². The summed E-state index contributed by atoms with van der Waals surface area (Å²) in [5.74, 6) is 0. The molecule has 2 fully saturated rings. The fraction of sp³-hybridized carbons (Fsp3) is 0.318. The molecule has 2 aliphatic rings. The van der Waals surface area contributed by atoms with Gasteiger partial charge in [-0.15, -0.1) is 0 Å². The third kappa shape index (κ3) is 3.20. The van der Waals surface area contributed by atoms with E-state index in [9.17, 15) is 13.7 Å². The first-order chi connectivity index (χ1) is 16.5. The van der Waals surface area contributed by atoms with E-state index in [0.717, 1.165) is 16.6 Å². The number of ether oxygens (including phenoxy) is 1. The van der Waals surface area contributed by atoms with Gasteiger partial charge in [-0.25, -0.2) is 13.4 Å². The third-order valence-electron chi connectivity index (χ3n) is 6.43. The van der Waals surface area contributed by atoms with Gasteiger partial charge in [0.25, 0.3) is 0 Å². The Hall–Kier alpha value is -3.66. The number of H-pyrrole nitrogens is 1. The Kier molecular flexibility index (Phi) is 4.73. The first-order valence-corrected chi connectivity index (χ1v) is 12.3. The van der Waals surface area contributed by atoms with Crippen molar-refractivity contribution in [1.29, 1.82) is 5.26 Å². The van der Waals surface area contributed by atoms with Crippen LogP contribution in [0.3, 0.4) is 0 Å². The maximum absolute atomic E-state index is 12.7. The minimum atomic E-state index is -3.44. The van der Waals surface area contributed by atoms with E-state index in [1.807, 2.05) is 30.3 Å². The molecule has 34 heavy (non-hydrogen) atoms. The van der Waals surface area contributed by atoms with Crippen LogP contribution in [0, 0.1) is 11.3 Å². The summed E-state index contributed by atoms with van der Waals surface area (Å²) < 4.78 is 33.7. The zero-order valence-corrected chi connectivity index (χ0v) is 18.8. The SMILES string of the molecule is N#CCC1(n2ccc(-c3nc(-c4ccn[nH]4)cc4ncccc34)n2)CN(S(=O)(=O)C2COC2)C1. The van der Waals surface area contributed by atoms with Gasteiger partial charge in [-0.05, 0) is 30.3 Å². The van der Waals surface area contributed by atoms with Gasteiger partial charge in [0, 0.05) is 37.1 Å². The van der Waals surface area contributed by atoms with Crippen molar-refractivity contribution in [2.24, 2.45) is 0 Å². The summed E-state index contributed by atoms with van der Waals surface area (Å²) >= 11 is 0. The predicted octanol–water partition coefficient (Wildman–Crippen LogP) is 1.54. The lowest BCUT2D eigenvalue weighted by Gasteiger charge is -2.49. The van der Waals surface area contributed by atoms with E-state index >= 15 is 0 Å². The molecule has 1 N–H and O–H groups in total. The molecule has 0 radical (unpaired) electrons. The Morgan fingerprint density at radius 3 is 2.76 bits per heavy atom. The van der Waals surface area contributed by atoms with Crippen LogP contribution in [-0.4, -0.2) is 74.2 Å². The number of pyridine rings is 2. The number of hydrogen-bond donors (Lipinski definition) is 1. The monoisotopic (exact) mass is 476 g/mol. The van der Waals surface area contributed by atoms with Gasteiger partial charge in [0.2, 0.25) is 10.0 Å². The van der Waals surface area contributed by atoms with E-state index in [-0.39, 0.29) is 32.7 Å². The van der Waals surface area contributed by atoms with Gasteiger partial charge in [0.05, 0.1) is 42.6 Å². The summed E-state index contributed by atoms with van der Waals surface area (Å²) in [6.45, 7) is 0.833. The van der Waals surface area contributed by atoms with Crippen molar-refractivity contribution in [1.82, 2.24) is 34.3 Å². The second kappa shape index (κ2) is 7.69. The molecule has 11 nitrogen and oxygen atoms in total. The largest absolute Gasteiger partial charge is 0.378 e. The third-order valence-corrected chi connectivity index (χ3v) is 8.52. The molecule has 2 saturated heterocycles. The second-order valence-electron chi connectivity index (χ2n) is 8.57. The molecule has 6 rings (SSSR count). The molecule has 4 aromatic heterocycles. The molecular formula is C22H20N8O3S. The summed E-state index contributed by atoms with van der Waals surface area (Å²) in [5.41, 5.74) is 2.75. The van der Waals surface area contributed by atoms with Crippen LogP contribution in [0.1, 0.15) is 6.42 Å². The number of fused-ring (bicyclic) bond motifs is 1. The highest BCUT2D eigenvalue weighted by Gasteiger charge is 2.53. The van der Waals surface area contributed by atoms with Crippen LogP contribution in [-0.2, 0) is 20.3 Å². The van der Waals surface area contributed by atoms with Crippen LogP contribution in [0.25, 0.3) is 33.7 Å². The molecule has 0 atom stereocenters. The molecule has 2 aliphatic heterocycles. The molecule has 0 unspecified atom stereocenters. The van der Waals surface area contributed by atoms with Crippen molar-refractivity contribution in [3.05, 3.63) is 48.9 Å². The fourth-order valence-electron chi connectivity index (χ4n) is 4.39. The van der Waals surface area contributed by atoms with Gasteiger partial charge in [-0.2, -0.15) is 19.8 Å². The summed E-state index contributed by atoms with van der Waals surface area (Å²) in [5, 5.41) is 21.5. The van der Waals surface area contributed by atoms with Crippen LogP contribution in [0.4, 0.5) is 0 Å². The fourth-order valence-corrected chi connectivity index (χ4v) is 6.19. The van der Waals surface area contributed by atoms with Crippen molar-refractivity contribution in [3.8, 4) is 28.8 Å². The van der Waals surface area contributed by atoms with Crippen molar-refractivity contribution in [2.45, 2.75) is 17.2 Å². The van der Waals surface area contributed by atoms with Crippen LogP contribution in [0.15, 0.2) is 48.9 Å². The molecule has 0 spiro atoms. The molecule has 172 valence electrons. The topological polar surface area (TPSA) is 143 Å². The Morgan fingerprint density at radius 2 is 2.06 bits per heavy atom. The van der Waals surface area contributed by atoms with E-state index in [1.54, 1.807) is 23.3 Å². The van der Waals surface area contributed by atoms with Gasteiger partial charge >= 0.3 is 0 Å². The molecule has 0 aromatic carbocycles. The summed E-state index contributed by atoms with van der Waals surface area (Å²) in [6.07, 6.45) is 5.31. The van der Waals surface area contributed by atoms with Gasteiger partial charge in [-0.1, -0.05) is 0 Å². The second-order valence-corrected chi connectivity index (χ2v) is 10.8. The van der Waals surface area contributed by atoms with Crippen molar-refractivity contribution in [2.75, 3.05) is 26.3 Å². The number of rotatable bonds is 6. The summed E-state index contributed by atoms with van der Waals surface area (Å²) in [7, 11) is -3.44. The minimum absolute atomic E-state index is 0.144. The average Bonchev–Trinajstić information content (AvgIpc) is 3.46. The minimum Gasteiger partial charge on any atom is -0.378 e. The van der Waals surface area contributed by atoms with Crippen molar-refractivity contribution < 1.29 is 13.2 Å². The van der Waals surface area contributed by atoms with E-state index in [2.05, 4.69) is 21.3 Å². The highest BCUT2D eigenvalue weighted by atomic mass is 32.2. The number of nitrogens with zero attached hydrogens (tertiary/aromatic N) is 7. The van der Waals surface area contributed by atoms with Crippen molar-refractivity contribution in [3.63, 3.8) is 0 Å². The normalized spacial score (nSPS) is 18.3. The van der Waals surface area contributed by atoms with Crippen LogP contribution >= 0.6 is 0 Å². The first-order valence-electron chi connectivity index (χ1n) is 10.8. The maximum Gasteiger partial charge on any atom is 0.221 e. The standard InChI is InChI=1S/C22H20N8O3S/c23-6-5-22(13-29(14-22)34(31,32)15-11-33-12-15)30-9-4-18(28-30)21-16-2-1-7-24-19(16)10-20(26-21)17-3-8-25-27-17/h1-4,7-10,15H,5,11-14H2,(H,25,27). The maximum atomic E-state index is 12.7. The first kappa shape index (κ1) is 20.9. The van der Waals surface area contributed by atoms with E-state index in [1.165, 1.54) is 4.31 Å². The number of aromatic nitrogens is 6. The zero-order chi connectivity index (χ0) is 23.3. The number of hydrogen-bond acceptors (Lipinski definition) is 8. The van der Waals surface area contributed by atoms with Gasteiger partial charge in [0.15, 0.2) is 0 Å². The van der Waals surface area contributed by atoms with Gasteiger partial charge in [-0.3, -0.25) is 14.8 Å². The van der Waals surface area contributed by atoms with Crippen LogP contribution in [0.5, 0.6) is 0 Å². The number of nitriles is 1. The lowest BCUT2D eigenvalue weighted by Crippen LogP contribution is -2.66. The van der Waals surface area contributed by atoms with E-state index < -0.39 is 20.8 Å². The lowest BCUT2D eigenvalue weighted by molar-refractivity contribution is 0.0281. The Labute approximate surface area is 195 Å². The molecular weight excluding hydrogens is 456 g/mol. The lowest BCUT2D eigenvalue weighted by atomic mass is 9.89. The van der Waals surface area contributed by atoms with E-state index in [4.69, 9.17) is 14.8 Å². The molecule has 0 saturated carbocycles. The number of nitrogens with one attached hydrogen (secondary N) is 1. The number of aromatic amines is 1. The molecule has 12 heteroatoms. The molecule has 4 aromatic rings. The average molecular weight is 477 g/mol. The Bertz CT molecular complexity index is 1510. The highest BCUT2D eigenvalue weighted by Crippen LogP contribution is 2.37. The Balaban J connectivity index is 1.37. The quantitative estimate of drug-likeness (QED) is 0.441. The smallest absolute Gasteiger partial charge is 0.221 e. The van der Waals surface area contributed by atoms with Crippen LogP contribution < -0.4 is 0 Å². The summed E-state index contributed by atoms with van der Waals surface area (Å²) in [6, 6.07) is 11.5. The van der Waals surface area contributed by atoms with Gasteiger partial charge < -0.3 is 4.74 Å². The predicted molar refractivity (Wildman–Crippen MR) is 122 cm³/mol. The van der Waals surface area contributed by atoms with Gasteiger partial charge in [0.1, 0.15) is 22.2 Å². The highest BCUT2D eigenvalue weighted by molar-refractivity contribution is 7.89. The molecule has 6 heterocycles. The molecule has 0 bridgehead atoms. The van der Waals surface area contributed by atoms with E-state index in [0.29, 0.717) is 17.1 Å².